The van der Waals surface area contributed by atoms with Crippen molar-refractivity contribution in [3.63, 3.8) is 0 Å². The van der Waals surface area contributed by atoms with Crippen LogP contribution in [0.1, 0.15) is 0 Å². The maximum absolute atomic E-state index is 4.07. The van der Waals surface area contributed by atoms with Crippen LogP contribution >= 0.6 is 0 Å². The molecule has 0 radical (unpaired) electrons. The van der Waals surface area contributed by atoms with Crippen molar-refractivity contribution in [2.75, 3.05) is 7.05 Å². The Balaban J connectivity index is 5.03. The Hall–Kier alpha value is -0.292. The average Bonchev–Trinajstić information content (AvgIpc) is 2.42. The average molecular weight is 328 g/mol. The van der Waals surface area contributed by atoms with Gasteiger partial charge in [-0.1, -0.05) is 35.9 Å². The van der Waals surface area contributed by atoms with Gasteiger partial charge >= 0.3 is 0 Å². The molecule has 0 aliphatic rings. The summed E-state index contributed by atoms with van der Waals surface area (Å²) in [4.78, 5) is 0. The maximum atomic E-state index is 4.07. The highest BCUT2D eigenvalue weighted by molar-refractivity contribution is 6.98. The van der Waals surface area contributed by atoms with Gasteiger partial charge in [0.15, 0.2) is 9.12 Å². The molecule has 3 nitrogen and oxygen atoms in total. The molecule has 108 valence electrons. The van der Waals surface area contributed by atoms with Crippen molar-refractivity contribution in [1.29, 1.82) is 0 Å². The van der Waals surface area contributed by atoms with Gasteiger partial charge in [0.05, 0.1) is 0 Å². The van der Waals surface area contributed by atoms with E-state index in [0.29, 0.717) is 0 Å². The molecule has 0 fully saturated rings. The van der Waals surface area contributed by atoms with Gasteiger partial charge in [-0.15, -0.1) is 26.3 Å². The lowest BCUT2D eigenvalue weighted by molar-refractivity contribution is 0.753. The first-order valence-electron chi connectivity index (χ1n) is 6.53. The highest BCUT2D eigenvalue weighted by atomic mass is 28.4. The van der Waals surface area contributed by atoms with Crippen molar-refractivity contribution >= 4 is 35.4 Å². The molecule has 0 heterocycles. The van der Waals surface area contributed by atoms with Gasteiger partial charge < -0.3 is 13.5 Å². The molecule has 0 spiro atoms. The Morgan fingerprint density at radius 3 is 2.05 bits per heavy atom. The summed E-state index contributed by atoms with van der Waals surface area (Å²) in [7, 11) is -2.93. The van der Waals surface area contributed by atoms with E-state index in [9.17, 15) is 0 Å². The minimum atomic E-state index is -1.86. The Morgan fingerprint density at radius 1 is 1.11 bits per heavy atom. The second kappa shape index (κ2) is 8.10. The van der Waals surface area contributed by atoms with E-state index in [2.05, 4.69) is 83.6 Å². The molecule has 0 saturated carbocycles. The molecular weight excluding hydrogens is 298 g/mol. The second-order valence-corrected chi connectivity index (χ2v) is 18.7. The normalized spacial score (nSPS) is 17.1. The Bertz CT molecular complexity index is 346. The van der Waals surface area contributed by atoms with Crippen LogP contribution in [0.3, 0.4) is 0 Å². The summed E-state index contributed by atoms with van der Waals surface area (Å²) in [5, 5.41) is 0. The van der Waals surface area contributed by atoms with Crippen LogP contribution in [0.5, 0.6) is 0 Å². The van der Waals surface area contributed by atoms with Crippen molar-refractivity contribution in [2.24, 2.45) is 0 Å². The van der Waals surface area contributed by atoms with Crippen molar-refractivity contribution in [3.8, 4) is 0 Å². The van der Waals surface area contributed by atoms with E-state index in [4.69, 9.17) is 0 Å². The standard InChI is InChI=1S/C12H29N3Si4/c1-9-16-13-17(10-2)14-19(8,12-4)15(5)18(6,7)11-3/h9-14,17H,1-4,16H2,5-8H3. The van der Waals surface area contributed by atoms with Gasteiger partial charge in [0.2, 0.25) is 8.40 Å². The molecule has 0 aliphatic carbocycles. The third kappa shape index (κ3) is 5.30. The SMILES string of the molecule is C=C[SiH2]N[SiH](C=C)N[Si](C)(C=C)N(C)[Si](C)(C)C=C. The van der Waals surface area contributed by atoms with Gasteiger partial charge in [0.25, 0.3) is 0 Å². The summed E-state index contributed by atoms with van der Waals surface area (Å²) in [6.07, 6.45) is 0. The topological polar surface area (TPSA) is 27.3 Å². The van der Waals surface area contributed by atoms with E-state index in [1.807, 2.05) is 5.70 Å². The molecule has 0 bridgehead atoms. The number of hydrogen-bond acceptors (Lipinski definition) is 3. The summed E-state index contributed by atoms with van der Waals surface area (Å²) < 4.78 is 9.96. The summed E-state index contributed by atoms with van der Waals surface area (Å²) in [5.74, 6) is 0. The monoisotopic (exact) mass is 327 g/mol. The van der Waals surface area contributed by atoms with Crippen molar-refractivity contribution in [1.82, 2.24) is 13.5 Å². The fourth-order valence-corrected chi connectivity index (χ4v) is 16.1. The van der Waals surface area contributed by atoms with Gasteiger partial charge in [-0.3, -0.25) is 0 Å². The number of rotatable bonds is 10. The molecular formula is C12H29N3Si4. The van der Waals surface area contributed by atoms with E-state index >= 15 is 0 Å². The van der Waals surface area contributed by atoms with E-state index < -0.39 is 25.8 Å². The van der Waals surface area contributed by atoms with E-state index in [-0.39, 0.29) is 9.68 Å². The van der Waals surface area contributed by atoms with Crippen molar-refractivity contribution < 1.29 is 0 Å². The molecule has 0 aromatic carbocycles. The minimum Gasteiger partial charge on any atom is -0.349 e. The third-order valence-electron chi connectivity index (χ3n) is 3.62. The van der Waals surface area contributed by atoms with Crippen molar-refractivity contribution in [2.45, 2.75) is 19.6 Å². The molecule has 7 heteroatoms. The van der Waals surface area contributed by atoms with Gasteiger partial charge in [-0.2, -0.15) is 0 Å². The number of nitrogens with one attached hydrogen (secondary N) is 2. The lowest BCUT2D eigenvalue weighted by Gasteiger charge is -2.44. The fourth-order valence-electron chi connectivity index (χ4n) is 1.75. The Kier molecular flexibility index (Phi) is 7.97. The first-order chi connectivity index (χ1) is 8.77. The van der Waals surface area contributed by atoms with E-state index in [0.717, 1.165) is 0 Å². The molecule has 0 aliphatic heterocycles. The largest absolute Gasteiger partial charge is 0.349 e. The quantitative estimate of drug-likeness (QED) is 0.586. The lowest BCUT2D eigenvalue weighted by atomic mass is 11.3. The lowest BCUT2D eigenvalue weighted by Crippen LogP contribution is -2.72. The Labute approximate surface area is 125 Å². The highest BCUT2D eigenvalue weighted by Gasteiger charge is 2.39. The van der Waals surface area contributed by atoms with E-state index in [1.54, 1.807) is 0 Å². The minimum absolute atomic E-state index is 0.375. The van der Waals surface area contributed by atoms with Crippen LogP contribution in [0.15, 0.2) is 49.1 Å². The van der Waals surface area contributed by atoms with Crippen LogP contribution in [0.4, 0.5) is 0 Å². The first-order valence-corrected chi connectivity index (χ1v) is 15.4. The molecule has 2 atom stereocenters. The number of hydrogen-bond donors (Lipinski definition) is 2. The van der Waals surface area contributed by atoms with Crippen molar-refractivity contribution in [3.05, 3.63) is 49.1 Å². The molecule has 0 rings (SSSR count). The molecule has 19 heavy (non-hydrogen) atoms. The molecule has 0 aromatic heterocycles. The maximum Gasteiger partial charge on any atom is 0.213 e. The van der Waals surface area contributed by atoms with Crippen LogP contribution in [0.25, 0.3) is 0 Å². The van der Waals surface area contributed by atoms with Crippen LogP contribution < -0.4 is 9.30 Å². The predicted molar refractivity (Wildman–Crippen MR) is 99.6 cm³/mol. The number of nitrogens with zero attached hydrogens (tertiary/aromatic N) is 1. The zero-order valence-electron chi connectivity index (χ0n) is 12.9. The molecule has 2 N–H and O–H groups in total. The van der Waals surface area contributed by atoms with Crippen LogP contribution in [-0.4, -0.2) is 46.7 Å². The molecule has 2 unspecified atom stereocenters. The van der Waals surface area contributed by atoms with Crippen LogP contribution in [0, 0.1) is 0 Å². The van der Waals surface area contributed by atoms with Gasteiger partial charge in [-0.05, 0) is 13.6 Å². The van der Waals surface area contributed by atoms with Crippen LogP contribution in [0.2, 0.25) is 19.6 Å². The summed E-state index contributed by atoms with van der Waals surface area (Å²) in [5.41, 5.74) is 8.32. The van der Waals surface area contributed by atoms with Gasteiger partial charge in [0.1, 0.15) is 17.9 Å². The zero-order chi connectivity index (χ0) is 15.1. The van der Waals surface area contributed by atoms with Gasteiger partial charge in [-0.25, -0.2) is 0 Å². The first kappa shape index (κ1) is 18.7. The summed E-state index contributed by atoms with van der Waals surface area (Å²) in [6, 6.07) is 0. The highest BCUT2D eigenvalue weighted by Crippen LogP contribution is 2.17. The second-order valence-electron chi connectivity index (χ2n) is 5.32. The van der Waals surface area contributed by atoms with Gasteiger partial charge in [0, 0.05) is 0 Å². The molecule has 0 aromatic rings. The molecule has 0 saturated heterocycles. The third-order valence-corrected chi connectivity index (χ3v) is 18.7. The van der Waals surface area contributed by atoms with E-state index in [1.165, 1.54) is 0 Å². The smallest absolute Gasteiger partial charge is 0.213 e. The fraction of sp³-hybridized carbons (Fsp3) is 0.333. The Morgan fingerprint density at radius 2 is 1.68 bits per heavy atom. The summed E-state index contributed by atoms with van der Waals surface area (Å²) in [6.45, 7) is 22.8. The summed E-state index contributed by atoms with van der Waals surface area (Å²) >= 11 is 0. The molecule has 0 amide bonds. The zero-order valence-corrected chi connectivity index (χ0v) is 17.4. The van der Waals surface area contributed by atoms with Crippen LogP contribution in [-0.2, 0) is 0 Å². The predicted octanol–water partition coefficient (Wildman–Crippen LogP) is 0.998.